The van der Waals surface area contributed by atoms with Crippen LogP contribution >= 0.6 is 11.6 Å². The van der Waals surface area contributed by atoms with E-state index in [1.165, 1.54) is 0 Å². The Labute approximate surface area is 149 Å². The van der Waals surface area contributed by atoms with Crippen molar-refractivity contribution < 1.29 is 19.1 Å². The van der Waals surface area contributed by atoms with E-state index in [0.29, 0.717) is 34.4 Å². The van der Waals surface area contributed by atoms with Gasteiger partial charge in [0.15, 0.2) is 11.5 Å². The van der Waals surface area contributed by atoms with Crippen LogP contribution in [0.15, 0.2) is 42.5 Å². The number of benzene rings is 2. The monoisotopic (exact) mass is 358 g/mol. The molecule has 2 aliphatic rings. The molecule has 2 aromatic carbocycles. The van der Waals surface area contributed by atoms with E-state index in [-0.39, 0.29) is 25.0 Å². The Morgan fingerprint density at radius 2 is 2.00 bits per heavy atom. The number of carbonyl (C=O) groups excluding carboxylic acids is 2. The first kappa shape index (κ1) is 15.8. The van der Waals surface area contributed by atoms with E-state index in [2.05, 4.69) is 5.32 Å². The van der Waals surface area contributed by atoms with Gasteiger partial charge in [0, 0.05) is 35.4 Å². The molecule has 7 heteroatoms. The van der Waals surface area contributed by atoms with Crippen LogP contribution < -0.4 is 19.7 Å². The van der Waals surface area contributed by atoms with Gasteiger partial charge in [-0.3, -0.25) is 9.59 Å². The third-order valence-electron chi connectivity index (χ3n) is 4.26. The van der Waals surface area contributed by atoms with Gasteiger partial charge in [0.25, 0.3) is 0 Å². The van der Waals surface area contributed by atoms with Crippen molar-refractivity contribution in [1.29, 1.82) is 0 Å². The average Bonchev–Trinajstić information content (AvgIpc) is 3.20. The topological polar surface area (TPSA) is 67.9 Å². The number of fused-ring (bicyclic) bond motifs is 1. The van der Waals surface area contributed by atoms with Gasteiger partial charge in [0.2, 0.25) is 18.6 Å². The summed E-state index contributed by atoms with van der Waals surface area (Å²) in [5.74, 6) is 0.545. The number of nitrogens with one attached hydrogen (secondary N) is 1. The summed E-state index contributed by atoms with van der Waals surface area (Å²) in [6, 6.07) is 12.3. The van der Waals surface area contributed by atoms with Gasteiger partial charge >= 0.3 is 0 Å². The summed E-state index contributed by atoms with van der Waals surface area (Å²) in [5, 5.41) is 3.39. The zero-order valence-corrected chi connectivity index (χ0v) is 14.0. The molecule has 1 N–H and O–H groups in total. The van der Waals surface area contributed by atoms with Crippen LogP contribution in [0.5, 0.6) is 11.5 Å². The van der Waals surface area contributed by atoms with E-state index < -0.39 is 5.92 Å². The number of rotatable bonds is 3. The van der Waals surface area contributed by atoms with Gasteiger partial charge in [0.1, 0.15) is 0 Å². The fraction of sp³-hybridized carbons (Fsp3) is 0.222. The molecule has 0 spiro atoms. The molecule has 0 unspecified atom stereocenters. The number of hydrogen-bond acceptors (Lipinski definition) is 4. The predicted octanol–water partition coefficient (Wildman–Crippen LogP) is 3.06. The fourth-order valence-corrected chi connectivity index (χ4v) is 3.18. The molecule has 0 radical (unpaired) electrons. The molecule has 1 fully saturated rings. The standard InChI is InChI=1S/C18H15ClN2O4/c19-12-2-1-3-14(7-12)21-9-11(6-17(21)22)18(23)20-13-4-5-15-16(8-13)25-10-24-15/h1-5,7-8,11H,6,9-10H2,(H,20,23)/t11-/m1/s1. The Morgan fingerprint density at radius 3 is 2.84 bits per heavy atom. The van der Waals surface area contributed by atoms with Crippen LogP contribution in [0.1, 0.15) is 6.42 Å². The van der Waals surface area contributed by atoms with Gasteiger partial charge in [-0.05, 0) is 30.3 Å². The maximum Gasteiger partial charge on any atom is 0.231 e. The van der Waals surface area contributed by atoms with Crippen LogP contribution in [0.25, 0.3) is 0 Å². The number of halogens is 1. The predicted molar refractivity (Wildman–Crippen MR) is 93.1 cm³/mol. The molecular weight excluding hydrogens is 344 g/mol. The van der Waals surface area contributed by atoms with Crippen molar-refractivity contribution in [3.8, 4) is 11.5 Å². The van der Waals surface area contributed by atoms with Crippen LogP contribution in [0.3, 0.4) is 0 Å². The largest absolute Gasteiger partial charge is 0.454 e. The van der Waals surface area contributed by atoms with Crippen molar-refractivity contribution >= 4 is 34.8 Å². The first-order valence-corrected chi connectivity index (χ1v) is 8.24. The molecule has 1 saturated heterocycles. The first-order valence-electron chi connectivity index (χ1n) is 7.86. The summed E-state index contributed by atoms with van der Waals surface area (Å²) in [6.07, 6.45) is 0.170. The average molecular weight is 359 g/mol. The van der Waals surface area contributed by atoms with Crippen molar-refractivity contribution in [2.24, 2.45) is 5.92 Å². The number of ether oxygens (including phenoxy) is 2. The van der Waals surface area contributed by atoms with Crippen LogP contribution in [0, 0.1) is 5.92 Å². The minimum absolute atomic E-state index is 0.0897. The molecule has 2 aromatic rings. The highest BCUT2D eigenvalue weighted by atomic mass is 35.5. The molecule has 2 amide bonds. The van der Waals surface area contributed by atoms with Crippen molar-refractivity contribution in [2.45, 2.75) is 6.42 Å². The Hall–Kier alpha value is -2.73. The third kappa shape index (κ3) is 3.13. The minimum Gasteiger partial charge on any atom is -0.454 e. The molecule has 2 aliphatic heterocycles. The maximum atomic E-state index is 12.5. The van der Waals surface area contributed by atoms with Gasteiger partial charge in [-0.15, -0.1) is 0 Å². The molecule has 25 heavy (non-hydrogen) atoms. The molecular formula is C18H15ClN2O4. The highest BCUT2D eigenvalue weighted by Crippen LogP contribution is 2.34. The molecule has 2 heterocycles. The quantitative estimate of drug-likeness (QED) is 0.915. The second kappa shape index (κ2) is 6.29. The third-order valence-corrected chi connectivity index (χ3v) is 4.49. The number of hydrogen-bond donors (Lipinski definition) is 1. The van der Waals surface area contributed by atoms with E-state index in [9.17, 15) is 9.59 Å². The molecule has 128 valence electrons. The van der Waals surface area contributed by atoms with E-state index in [0.717, 1.165) is 0 Å². The summed E-state index contributed by atoms with van der Waals surface area (Å²) in [4.78, 5) is 26.4. The number of nitrogens with zero attached hydrogens (tertiary/aromatic N) is 1. The smallest absolute Gasteiger partial charge is 0.231 e. The lowest BCUT2D eigenvalue weighted by atomic mass is 10.1. The zero-order chi connectivity index (χ0) is 17.4. The van der Waals surface area contributed by atoms with Gasteiger partial charge in [-0.25, -0.2) is 0 Å². The number of amides is 2. The summed E-state index contributed by atoms with van der Waals surface area (Å²) >= 11 is 5.98. The SMILES string of the molecule is O=C(Nc1ccc2c(c1)OCO2)[C@@H]1CC(=O)N(c2cccc(Cl)c2)C1. The van der Waals surface area contributed by atoms with Crippen molar-refractivity contribution in [3.05, 3.63) is 47.5 Å². The molecule has 4 rings (SSSR count). The Balaban J connectivity index is 1.45. The van der Waals surface area contributed by atoms with Gasteiger partial charge < -0.3 is 19.7 Å². The second-order valence-electron chi connectivity index (χ2n) is 5.94. The molecule has 0 bridgehead atoms. The Morgan fingerprint density at radius 1 is 1.16 bits per heavy atom. The van der Waals surface area contributed by atoms with E-state index in [4.69, 9.17) is 21.1 Å². The summed E-state index contributed by atoms with van der Waals surface area (Å²) in [6.45, 7) is 0.508. The molecule has 0 saturated carbocycles. The lowest BCUT2D eigenvalue weighted by Crippen LogP contribution is -2.28. The molecule has 1 atom stereocenters. The number of carbonyl (C=O) groups is 2. The number of anilines is 2. The highest BCUT2D eigenvalue weighted by molar-refractivity contribution is 6.31. The van der Waals surface area contributed by atoms with Crippen LogP contribution in [0.2, 0.25) is 5.02 Å². The van der Waals surface area contributed by atoms with Crippen LogP contribution in [0.4, 0.5) is 11.4 Å². The first-order chi connectivity index (χ1) is 12.1. The van der Waals surface area contributed by atoms with E-state index >= 15 is 0 Å². The van der Waals surface area contributed by atoms with Crippen molar-refractivity contribution in [2.75, 3.05) is 23.6 Å². The summed E-state index contributed by atoms with van der Waals surface area (Å²) in [7, 11) is 0. The molecule has 6 nitrogen and oxygen atoms in total. The second-order valence-corrected chi connectivity index (χ2v) is 6.38. The highest BCUT2D eigenvalue weighted by Gasteiger charge is 2.35. The Kier molecular flexibility index (Phi) is 3.97. The molecule has 0 aliphatic carbocycles. The van der Waals surface area contributed by atoms with E-state index in [1.54, 1.807) is 41.3 Å². The lowest BCUT2D eigenvalue weighted by Gasteiger charge is -2.17. The van der Waals surface area contributed by atoms with Crippen molar-refractivity contribution in [1.82, 2.24) is 0 Å². The van der Waals surface area contributed by atoms with Gasteiger partial charge in [0.05, 0.1) is 5.92 Å². The Bertz CT molecular complexity index is 855. The van der Waals surface area contributed by atoms with Crippen molar-refractivity contribution in [3.63, 3.8) is 0 Å². The van der Waals surface area contributed by atoms with Crippen LogP contribution in [-0.4, -0.2) is 25.2 Å². The summed E-state index contributed by atoms with van der Waals surface area (Å²) < 4.78 is 10.5. The maximum absolute atomic E-state index is 12.5. The lowest BCUT2D eigenvalue weighted by molar-refractivity contribution is -0.122. The molecule has 0 aromatic heterocycles. The van der Waals surface area contributed by atoms with Gasteiger partial charge in [-0.1, -0.05) is 17.7 Å². The fourth-order valence-electron chi connectivity index (χ4n) is 3.00. The normalized spacial score (nSPS) is 18.5. The van der Waals surface area contributed by atoms with Crippen LogP contribution in [-0.2, 0) is 9.59 Å². The summed E-state index contributed by atoms with van der Waals surface area (Å²) in [5.41, 5.74) is 1.32. The van der Waals surface area contributed by atoms with E-state index in [1.807, 2.05) is 6.07 Å². The minimum atomic E-state index is -0.420. The zero-order valence-electron chi connectivity index (χ0n) is 13.2. The van der Waals surface area contributed by atoms with Gasteiger partial charge in [-0.2, -0.15) is 0 Å².